The van der Waals surface area contributed by atoms with E-state index in [1.54, 1.807) is 0 Å². The van der Waals surface area contributed by atoms with Crippen molar-refractivity contribution in [1.29, 1.82) is 0 Å². The average Bonchev–Trinajstić information content (AvgIpc) is 2.84. The van der Waals surface area contributed by atoms with E-state index in [0.29, 0.717) is 5.92 Å². The molecule has 0 aliphatic heterocycles. The maximum atomic E-state index is 5.78. The van der Waals surface area contributed by atoms with Crippen molar-refractivity contribution in [2.24, 2.45) is 5.73 Å². The Morgan fingerprint density at radius 2 is 2.14 bits per heavy atom. The molecule has 3 N–H and O–H groups in total. The third-order valence-corrected chi connectivity index (χ3v) is 3.22. The minimum Gasteiger partial charge on any atom is -0.345 e. The highest BCUT2D eigenvalue weighted by molar-refractivity contribution is 5.26. The molecule has 0 amide bonds. The molecule has 1 aromatic heterocycles. The Morgan fingerprint density at radius 3 is 2.50 bits per heavy atom. The molecule has 1 saturated carbocycles. The van der Waals surface area contributed by atoms with Gasteiger partial charge < -0.3 is 10.7 Å². The lowest BCUT2D eigenvalue weighted by Crippen LogP contribution is -2.21. The van der Waals surface area contributed by atoms with Crippen molar-refractivity contribution in [3.8, 4) is 0 Å². The molecule has 0 atom stereocenters. The normalized spacial score (nSPS) is 18.9. The fourth-order valence-electron chi connectivity index (χ4n) is 1.98. The standard InChI is InChI=1S/C11H19N3/c1-7(2)9-8(3)13-10(14-9)11(6-12)4-5-11/h7H,4-6,12H2,1-3H3,(H,13,14). The summed E-state index contributed by atoms with van der Waals surface area (Å²) in [5.41, 5.74) is 8.37. The van der Waals surface area contributed by atoms with Crippen molar-refractivity contribution < 1.29 is 0 Å². The topological polar surface area (TPSA) is 54.7 Å². The summed E-state index contributed by atoms with van der Waals surface area (Å²) in [6.45, 7) is 7.17. The molecule has 0 bridgehead atoms. The first-order chi connectivity index (χ1) is 6.59. The summed E-state index contributed by atoms with van der Waals surface area (Å²) in [5.74, 6) is 1.61. The number of aromatic amines is 1. The molecule has 1 aliphatic carbocycles. The molecule has 3 nitrogen and oxygen atoms in total. The molecule has 1 fully saturated rings. The first kappa shape index (κ1) is 9.71. The van der Waals surface area contributed by atoms with E-state index in [1.807, 2.05) is 0 Å². The molecule has 1 aromatic rings. The molecule has 0 saturated heterocycles. The van der Waals surface area contributed by atoms with Gasteiger partial charge in [0.25, 0.3) is 0 Å². The molecule has 0 unspecified atom stereocenters. The highest BCUT2D eigenvalue weighted by Gasteiger charge is 2.45. The van der Waals surface area contributed by atoms with Gasteiger partial charge in [0.2, 0.25) is 0 Å². The number of nitrogens with one attached hydrogen (secondary N) is 1. The smallest absolute Gasteiger partial charge is 0.114 e. The Hall–Kier alpha value is -0.830. The number of aryl methyl sites for hydroxylation is 1. The summed E-state index contributed by atoms with van der Waals surface area (Å²) < 4.78 is 0. The number of aromatic nitrogens is 2. The molecular weight excluding hydrogens is 174 g/mol. The minimum absolute atomic E-state index is 0.192. The number of hydrogen-bond donors (Lipinski definition) is 2. The summed E-state index contributed by atoms with van der Waals surface area (Å²) in [5, 5.41) is 0. The van der Waals surface area contributed by atoms with Crippen LogP contribution in [0.5, 0.6) is 0 Å². The SMILES string of the molecule is Cc1[nH]c(C2(CN)CC2)nc1C(C)C. The molecule has 1 heterocycles. The Labute approximate surface area is 85.1 Å². The monoisotopic (exact) mass is 193 g/mol. The van der Waals surface area contributed by atoms with Crippen LogP contribution in [-0.2, 0) is 5.41 Å². The van der Waals surface area contributed by atoms with Crippen LogP contribution in [0.4, 0.5) is 0 Å². The fraction of sp³-hybridized carbons (Fsp3) is 0.727. The molecule has 3 heteroatoms. The lowest BCUT2D eigenvalue weighted by atomic mass is 10.1. The van der Waals surface area contributed by atoms with Crippen LogP contribution in [0.15, 0.2) is 0 Å². The Kier molecular flexibility index (Phi) is 2.14. The van der Waals surface area contributed by atoms with Gasteiger partial charge in [0.05, 0.1) is 5.69 Å². The van der Waals surface area contributed by atoms with Crippen LogP contribution in [0.25, 0.3) is 0 Å². The summed E-state index contributed by atoms with van der Waals surface area (Å²) in [7, 11) is 0. The van der Waals surface area contributed by atoms with E-state index in [0.717, 1.165) is 12.4 Å². The number of imidazole rings is 1. The lowest BCUT2D eigenvalue weighted by molar-refractivity contribution is 0.653. The second-order valence-corrected chi connectivity index (χ2v) is 4.73. The second kappa shape index (κ2) is 3.09. The highest BCUT2D eigenvalue weighted by atomic mass is 15.0. The van der Waals surface area contributed by atoms with E-state index in [4.69, 9.17) is 5.73 Å². The third-order valence-electron chi connectivity index (χ3n) is 3.22. The first-order valence-electron chi connectivity index (χ1n) is 5.36. The number of H-pyrrole nitrogens is 1. The van der Waals surface area contributed by atoms with E-state index in [2.05, 4.69) is 30.7 Å². The van der Waals surface area contributed by atoms with Crippen LogP contribution >= 0.6 is 0 Å². The number of hydrogen-bond acceptors (Lipinski definition) is 2. The van der Waals surface area contributed by atoms with Gasteiger partial charge in [-0.3, -0.25) is 0 Å². The Morgan fingerprint density at radius 1 is 1.50 bits per heavy atom. The Balaban J connectivity index is 2.33. The van der Waals surface area contributed by atoms with Gasteiger partial charge in [-0.25, -0.2) is 4.98 Å². The van der Waals surface area contributed by atoms with E-state index in [-0.39, 0.29) is 5.41 Å². The van der Waals surface area contributed by atoms with Crippen molar-refractivity contribution in [3.63, 3.8) is 0 Å². The van der Waals surface area contributed by atoms with Gasteiger partial charge in [-0.05, 0) is 25.7 Å². The van der Waals surface area contributed by atoms with E-state index < -0.39 is 0 Å². The van der Waals surface area contributed by atoms with Crippen LogP contribution in [0, 0.1) is 6.92 Å². The van der Waals surface area contributed by atoms with Crippen molar-refractivity contribution in [3.05, 3.63) is 17.2 Å². The van der Waals surface area contributed by atoms with E-state index in [1.165, 1.54) is 24.2 Å². The summed E-state index contributed by atoms with van der Waals surface area (Å²) in [6, 6.07) is 0. The summed E-state index contributed by atoms with van der Waals surface area (Å²) in [6.07, 6.45) is 2.38. The molecular formula is C11H19N3. The van der Waals surface area contributed by atoms with Crippen LogP contribution in [0.3, 0.4) is 0 Å². The van der Waals surface area contributed by atoms with Gasteiger partial charge in [-0.2, -0.15) is 0 Å². The molecule has 14 heavy (non-hydrogen) atoms. The molecule has 2 rings (SSSR count). The van der Waals surface area contributed by atoms with Gasteiger partial charge in [0.1, 0.15) is 5.82 Å². The number of nitrogens with two attached hydrogens (primary N) is 1. The third kappa shape index (κ3) is 1.36. The van der Waals surface area contributed by atoms with Gasteiger partial charge in [0, 0.05) is 17.7 Å². The van der Waals surface area contributed by atoms with E-state index >= 15 is 0 Å². The van der Waals surface area contributed by atoms with Crippen molar-refractivity contribution in [2.75, 3.05) is 6.54 Å². The predicted molar refractivity (Wildman–Crippen MR) is 57.4 cm³/mol. The largest absolute Gasteiger partial charge is 0.345 e. The summed E-state index contributed by atoms with van der Waals surface area (Å²) in [4.78, 5) is 8.07. The van der Waals surface area contributed by atoms with Gasteiger partial charge in [-0.1, -0.05) is 13.8 Å². The Bertz CT molecular complexity index is 334. The molecule has 78 valence electrons. The quantitative estimate of drug-likeness (QED) is 0.769. The zero-order chi connectivity index (χ0) is 10.3. The molecule has 0 spiro atoms. The maximum Gasteiger partial charge on any atom is 0.114 e. The number of nitrogens with zero attached hydrogens (tertiary/aromatic N) is 1. The van der Waals surface area contributed by atoms with Crippen LogP contribution < -0.4 is 5.73 Å². The highest BCUT2D eigenvalue weighted by Crippen LogP contribution is 2.46. The van der Waals surface area contributed by atoms with Gasteiger partial charge >= 0.3 is 0 Å². The minimum atomic E-state index is 0.192. The second-order valence-electron chi connectivity index (χ2n) is 4.73. The maximum absolute atomic E-state index is 5.78. The van der Waals surface area contributed by atoms with Gasteiger partial charge in [0.15, 0.2) is 0 Å². The fourth-order valence-corrected chi connectivity index (χ4v) is 1.98. The van der Waals surface area contributed by atoms with Crippen LogP contribution in [-0.4, -0.2) is 16.5 Å². The zero-order valence-corrected chi connectivity index (χ0v) is 9.22. The molecule has 0 aromatic carbocycles. The predicted octanol–water partition coefficient (Wildman–Crippen LogP) is 1.83. The average molecular weight is 193 g/mol. The molecule has 1 aliphatic rings. The van der Waals surface area contributed by atoms with E-state index in [9.17, 15) is 0 Å². The van der Waals surface area contributed by atoms with Crippen LogP contribution in [0.2, 0.25) is 0 Å². The number of rotatable bonds is 3. The van der Waals surface area contributed by atoms with Crippen molar-refractivity contribution >= 4 is 0 Å². The van der Waals surface area contributed by atoms with Crippen molar-refractivity contribution in [1.82, 2.24) is 9.97 Å². The zero-order valence-electron chi connectivity index (χ0n) is 9.22. The van der Waals surface area contributed by atoms with Crippen LogP contribution in [0.1, 0.15) is 49.8 Å². The van der Waals surface area contributed by atoms with Crippen molar-refractivity contribution in [2.45, 2.75) is 44.9 Å². The first-order valence-corrected chi connectivity index (χ1v) is 5.36. The molecule has 0 radical (unpaired) electrons. The summed E-state index contributed by atoms with van der Waals surface area (Å²) >= 11 is 0. The van der Waals surface area contributed by atoms with Gasteiger partial charge in [-0.15, -0.1) is 0 Å². The lowest BCUT2D eigenvalue weighted by Gasteiger charge is -2.07.